The van der Waals surface area contributed by atoms with Gasteiger partial charge in [0.1, 0.15) is 0 Å². The standard InChI is InChI=1S/C7H11NO2S/c1-4-7(2,3)8-5(11-4)6(9)10/h4H,1-3H3,(H,9,10). The Morgan fingerprint density at radius 2 is 2.27 bits per heavy atom. The normalized spacial score (nSPS) is 28.3. The molecule has 0 aliphatic carbocycles. The van der Waals surface area contributed by atoms with Crippen LogP contribution in [0, 0.1) is 0 Å². The number of carboxylic acids is 1. The van der Waals surface area contributed by atoms with Gasteiger partial charge in [0.2, 0.25) is 0 Å². The maximum Gasteiger partial charge on any atom is 0.360 e. The summed E-state index contributed by atoms with van der Waals surface area (Å²) in [7, 11) is 0. The van der Waals surface area contributed by atoms with E-state index >= 15 is 0 Å². The van der Waals surface area contributed by atoms with E-state index in [1.54, 1.807) is 0 Å². The number of rotatable bonds is 1. The molecule has 0 amide bonds. The Labute approximate surface area is 69.9 Å². The predicted octanol–water partition coefficient (Wildman–Crippen LogP) is 1.38. The van der Waals surface area contributed by atoms with Gasteiger partial charge in [-0.2, -0.15) is 0 Å². The lowest BCUT2D eigenvalue weighted by Gasteiger charge is -2.18. The fourth-order valence-electron chi connectivity index (χ4n) is 0.789. The van der Waals surface area contributed by atoms with Gasteiger partial charge in [-0.05, 0) is 13.8 Å². The number of hydrogen-bond donors (Lipinski definition) is 1. The molecule has 3 nitrogen and oxygen atoms in total. The Bertz CT molecular complexity index is 222. The highest BCUT2D eigenvalue weighted by atomic mass is 32.2. The summed E-state index contributed by atoms with van der Waals surface area (Å²) in [5, 5.41) is 9.11. The molecule has 0 radical (unpaired) electrons. The van der Waals surface area contributed by atoms with Crippen LogP contribution in [0.15, 0.2) is 4.99 Å². The zero-order chi connectivity index (χ0) is 8.65. The SMILES string of the molecule is CC1SC(C(=O)O)=NC1(C)C. The zero-order valence-electron chi connectivity index (χ0n) is 6.79. The number of thioether (sulfide) groups is 1. The largest absolute Gasteiger partial charge is 0.476 e. The van der Waals surface area contributed by atoms with Crippen LogP contribution in [0.25, 0.3) is 0 Å². The number of nitrogens with zero attached hydrogens (tertiary/aromatic N) is 1. The molecule has 62 valence electrons. The average Bonchev–Trinajstić information content (AvgIpc) is 2.08. The topological polar surface area (TPSA) is 49.7 Å². The Hall–Kier alpha value is -0.510. The molecule has 1 atom stereocenters. The molecule has 0 fully saturated rings. The third-order valence-corrected chi connectivity index (χ3v) is 3.28. The molecule has 4 heteroatoms. The van der Waals surface area contributed by atoms with E-state index in [0.717, 1.165) is 0 Å². The van der Waals surface area contributed by atoms with Crippen LogP contribution < -0.4 is 0 Å². The molecular formula is C7H11NO2S. The van der Waals surface area contributed by atoms with E-state index in [0.29, 0.717) is 0 Å². The van der Waals surface area contributed by atoms with Crippen LogP contribution in [0.4, 0.5) is 0 Å². The summed E-state index contributed by atoms with van der Waals surface area (Å²) in [5.74, 6) is -0.910. The van der Waals surface area contributed by atoms with Gasteiger partial charge in [-0.1, -0.05) is 18.7 Å². The Kier molecular flexibility index (Phi) is 1.96. The average molecular weight is 173 g/mol. The van der Waals surface area contributed by atoms with Gasteiger partial charge in [-0.15, -0.1) is 0 Å². The quantitative estimate of drug-likeness (QED) is 0.651. The third kappa shape index (κ3) is 1.56. The van der Waals surface area contributed by atoms with Crippen LogP contribution in [0.5, 0.6) is 0 Å². The van der Waals surface area contributed by atoms with Crippen molar-refractivity contribution in [2.75, 3.05) is 0 Å². The molecule has 1 rings (SSSR count). The van der Waals surface area contributed by atoms with Crippen molar-refractivity contribution in [1.82, 2.24) is 0 Å². The fraction of sp³-hybridized carbons (Fsp3) is 0.714. The lowest BCUT2D eigenvalue weighted by molar-refractivity contribution is -0.129. The monoisotopic (exact) mass is 173 g/mol. The van der Waals surface area contributed by atoms with Crippen LogP contribution in [-0.4, -0.2) is 26.9 Å². The lowest BCUT2D eigenvalue weighted by Crippen LogP contribution is -2.24. The molecule has 1 heterocycles. The van der Waals surface area contributed by atoms with Gasteiger partial charge < -0.3 is 5.11 Å². The zero-order valence-corrected chi connectivity index (χ0v) is 7.60. The van der Waals surface area contributed by atoms with Gasteiger partial charge in [0.15, 0.2) is 5.04 Å². The fourth-order valence-corrected chi connectivity index (χ4v) is 1.85. The van der Waals surface area contributed by atoms with Crippen molar-refractivity contribution in [3.63, 3.8) is 0 Å². The molecular weight excluding hydrogens is 162 g/mol. The second-order valence-electron chi connectivity index (χ2n) is 3.14. The summed E-state index contributed by atoms with van der Waals surface area (Å²) in [6.07, 6.45) is 0. The van der Waals surface area contributed by atoms with E-state index in [2.05, 4.69) is 4.99 Å². The molecule has 0 bridgehead atoms. The van der Waals surface area contributed by atoms with Crippen LogP contribution >= 0.6 is 11.8 Å². The number of hydrogen-bond acceptors (Lipinski definition) is 3. The second kappa shape index (κ2) is 2.52. The molecule has 0 aromatic heterocycles. The first-order chi connectivity index (χ1) is 4.93. The molecule has 0 aromatic rings. The molecule has 1 N–H and O–H groups in total. The van der Waals surface area contributed by atoms with Gasteiger partial charge >= 0.3 is 5.97 Å². The first-order valence-corrected chi connectivity index (χ1v) is 4.31. The van der Waals surface area contributed by atoms with Crippen molar-refractivity contribution >= 4 is 22.8 Å². The molecule has 0 spiro atoms. The summed E-state index contributed by atoms with van der Waals surface area (Å²) < 4.78 is 0. The highest BCUT2D eigenvalue weighted by molar-refractivity contribution is 8.16. The maximum atomic E-state index is 10.5. The summed E-state index contributed by atoms with van der Waals surface area (Å²) >= 11 is 1.33. The van der Waals surface area contributed by atoms with Crippen LogP contribution in [0.3, 0.4) is 0 Å². The number of aliphatic imine (C=N–C) groups is 1. The van der Waals surface area contributed by atoms with Gasteiger partial charge in [0, 0.05) is 5.25 Å². The van der Waals surface area contributed by atoms with Crippen LogP contribution in [0.1, 0.15) is 20.8 Å². The maximum absolute atomic E-state index is 10.5. The van der Waals surface area contributed by atoms with Crippen molar-refractivity contribution in [3.8, 4) is 0 Å². The number of carbonyl (C=O) groups is 1. The van der Waals surface area contributed by atoms with E-state index in [1.165, 1.54) is 11.8 Å². The minimum atomic E-state index is -0.910. The molecule has 11 heavy (non-hydrogen) atoms. The Balaban J connectivity index is 2.84. The Morgan fingerprint density at radius 3 is 2.45 bits per heavy atom. The highest BCUT2D eigenvalue weighted by Gasteiger charge is 2.35. The predicted molar refractivity (Wildman–Crippen MR) is 46.2 cm³/mol. The number of aliphatic carboxylic acids is 1. The summed E-state index contributed by atoms with van der Waals surface area (Å²) in [5.41, 5.74) is -0.224. The smallest absolute Gasteiger partial charge is 0.360 e. The van der Waals surface area contributed by atoms with Crippen molar-refractivity contribution in [2.45, 2.75) is 31.6 Å². The van der Waals surface area contributed by atoms with E-state index in [-0.39, 0.29) is 15.8 Å². The minimum Gasteiger partial charge on any atom is -0.476 e. The molecule has 1 aliphatic heterocycles. The van der Waals surface area contributed by atoms with E-state index in [1.807, 2.05) is 20.8 Å². The van der Waals surface area contributed by atoms with Crippen LogP contribution in [-0.2, 0) is 4.79 Å². The van der Waals surface area contributed by atoms with E-state index < -0.39 is 5.97 Å². The first-order valence-electron chi connectivity index (χ1n) is 3.43. The van der Waals surface area contributed by atoms with Gasteiger partial charge in [-0.3, -0.25) is 4.99 Å². The van der Waals surface area contributed by atoms with Crippen molar-refractivity contribution < 1.29 is 9.90 Å². The molecule has 1 unspecified atom stereocenters. The van der Waals surface area contributed by atoms with Gasteiger partial charge in [-0.25, -0.2) is 4.79 Å². The lowest BCUT2D eigenvalue weighted by atomic mass is 10.0. The summed E-state index contributed by atoms with van der Waals surface area (Å²) in [6, 6.07) is 0. The molecule has 0 saturated heterocycles. The number of carboxylic acid groups (broad SMARTS) is 1. The molecule has 0 saturated carbocycles. The van der Waals surface area contributed by atoms with Crippen LogP contribution in [0.2, 0.25) is 0 Å². The van der Waals surface area contributed by atoms with Gasteiger partial charge in [0.05, 0.1) is 5.54 Å². The van der Waals surface area contributed by atoms with Crippen molar-refractivity contribution in [2.24, 2.45) is 4.99 Å². The molecule has 1 aliphatic rings. The summed E-state index contributed by atoms with van der Waals surface area (Å²) in [6.45, 7) is 5.88. The second-order valence-corrected chi connectivity index (χ2v) is 4.47. The minimum absolute atomic E-state index is 0.224. The highest BCUT2D eigenvalue weighted by Crippen LogP contribution is 2.34. The van der Waals surface area contributed by atoms with E-state index in [4.69, 9.17) is 5.11 Å². The molecule has 0 aromatic carbocycles. The summed E-state index contributed by atoms with van der Waals surface area (Å²) in [4.78, 5) is 14.6. The van der Waals surface area contributed by atoms with Gasteiger partial charge in [0.25, 0.3) is 0 Å². The van der Waals surface area contributed by atoms with Crippen molar-refractivity contribution in [1.29, 1.82) is 0 Å². The Morgan fingerprint density at radius 1 is 1.73 bits per heavy atom. The third-order valence-electron chi connectivity index (χ3n) is 1.86. The van der Waals surface area contributed by atoms with Crippen molar-refractivity contribution in [3.05, 3.63) is 0 Å². The first kappa shape index (κ1) is 8.59. The van der Waals surface area contributed by atoms with E-state index in [9.17, 15) is 4.79 Å².